The summed E-state index contributed by atoms with van der Waals surface area (Å²) in [7, 11) is 1.67. The second-order valence-corrected chi connectivity index (χ2v) is 9.30. The van der Waals surface area contributed by atoms with E-state index in [0.717, 1.165) is 18.5 Å². The van der Waals surface area contributed by atoms with E-state index in [1.807, 2.05) is 35.2 Å². The van der Waals surface area contributed by atoms with E-state index in [0.29, 0.717) is 48.0 Å². The predicted molar refractivity (Wildman–Crippen MR) is 138 cm³/mol. The first kappa shape index (κ1) is 25.7. The molecule has 0 unspecified atom stereocenters. The van der Waals surface area contributed by atoms with Gasteiger partial charge in [0.1, 0.15) is 0 Å². The molecule has 1 saturated heterocycles. The number of carbonyl (C=O) groups is 3. The lowest BCUT2D eigenvalue weighted by Crippen LogP contribution is -2.49. The number of halogens is 1. The summed E-state index contributed by atoms with van der Waals surface area (Å²) < 4.78 is 5.41. The first-order chi connectivity index (χ1) is 17.4. The highest BCUT2D eigenvalue weighted by molar-refractivity contribution is 6.30. The summed E-state index contributed by atoms with van der Waals surface area (Å²) in [5.41, 5.74) is 2.47. The van der Waals surface area contributed by atoms with Crippen molar-refractivity contribution in [3.63, 3.8) is 0 Å². The number of urea groups is 1. The summed E-state index contributed by atoms with van der Waals surface area (Å²) in [5.74, 6) is -0.471. The Morgan fingerprint density at radius 1 is 1.03 bits per heavy atom. The van der Waals surface area contributed by atoms with Crippen LogP contribution in [-0.2, 0) is 9.53 Å². The molecular weight excluding hydrogens is 480 g/mol. The molecule has 1 N–H and O–H groups in total. The van der Waals surface area contributed by atoms with Crippen LogP contribution in [0.3, 0.4) is 0 Å². The Morgan fingerprint density at radius 3 is 2.44 bits per heavy atom. The van der Waals surface area contributed by atoms with Crippen LogP contribution in [0.4, 0.5) is 4.79 Å². The third-order valence-electron chi connectivity index (χ3n) is 6.55. The molecule has 36 heavy (non-hydrogen) atoms. The zero-order valence-electron chi connectivity index (χ0n) is 20.6. The SMILES string of the molecule is CCOC(=O)C1=C(CN2CCCN(C(=O)c3ccc(Cl)cc3)CC2)N(C)C(=O)N[C@H]1c1ccccc1. The number of amides is 3. The number of hydrogen-bond donors (Lipinski definition) is 1. The van der Waals surface area contributed by atoms with Crippen LogP contribution in [0, 0.1) is 0 Å². The topological polar surface area (TPSA) is 82.2 Å². The lowest BCUT2D eigenvalue weighted by molar-refractivity contribution is -0.139. The van der Waals surface area contributed by atoms with Gasteiger partial charge in [-0.3, -0.25) is 14.6 Å². The molecule has 2 aliphatic rings. The molecule has 2 heterocycles. The number of carbonyl (C=O) groups excluding carboxylic acids is 3. The summed E-state index contributed by atoms with van der Waals surface area (Å²) in [6.07, 6.45) is 0.777. The fourth-order valence-electron chi connectivity index (χ4n) is 4.61. The predicted octanol–water partition coefficient (Wildman–Crippen LogP) is 3.70. The Labute approximate surface area is 216 Å². The van der Waals surface area contributed by atoms with Crippen molar-refractivity contribution in [1.82, 2.24) is 20.0 Å². The van der Waals surface area contributed by atoms with Crippen molar-refractivity contribution in [2.75, 3.05) is 46.4 Å². The van der Waals surface area contributed by atoms with Crippen LogP contribution in [0.5, 0.6) is 0 Å². The third kappa shape index (κ3) is 5.71. The number of nitrogens with zero attached hydrogens (tertiary/aromatic N) is 3. The quantitative estimate of drug-likeness (QED) is 0.599. The van der Waals surface area contributed by atoms with E-state index in [2.05, 4.69) is 10.2 Å². The van der Waals surface area contributed by atoms with Gasteiger partial charge in [0.2, 0.25) is 0 Å². The van der Waals surface area contributed by atoms with Crippen molar-refractivity contribution >= 4 is 29.5 Å². The van der Waals surface area contributed by atoms with Gasteiger partial charge in [-0.2, -0.15) is 0 Å². The Hall–Kier alpha value is -3.36. The van der Waals surface area contributed by atoms with Crippen molar-refractivity contribution in [2.45, 2.75) is 19.4 Å². The smallest absolute Gasteiger partial charge is 0.338 e. The molecule has 4 rings (SSSR count). The molecule has 1 fully saturated rings. The number of benzene rings is 2. The molecule has 190 valence electrons. The van der Waals surface area contributed by atoms with Crippen LogP contribution < -0.4 is 5.32 Å². The highest BCUT2D eigenvalue weighted by atomic mass is 35.5. The number of nitrogens with one attached hydrogen (secondary N) is 1. The summed E-state index contributed by atoms with van der Waals surface area (Å²) in [5, 5.41) is 3.53. The average Bonchev–Trinajstić information content (AvgIpc) is 3.13. The Balaban J connectivity index is 1.57. The molecule has 0 radical (unpaired) electrons. The van der Waals surface area contributed by atoms with E-state index in [9.17, 15) is 14.4 Å². The van der Waals surface area contributed by atoms with Crippen molar-refractivity contribution in [2.24, 2.45) is 0 Å². The zero-order chi connectivity index (χ0) is 25.7. The molecule has 2 aliphatic heterocycles. The first-order valence-corrected chi connectivity index (χ1v) is 12.5. The van der Waals surface area contributed by atoms with Crippen LogP contribution in [0.2, 0.25) is 5.02 Å². The van der Waals surface area contributed by atoms with Crippen LogP contribution in [0.25, 0.3) is 0 Å². The van der Waals surface area contributed by atoms with Gasteiger partial charge in [0.05, 0.1) is 18.2 Å². The maximum Gasteiger partial charge on any atom is 0.338 e. The number of likely N-dealkylation sites (N-methyl/N-ethyl adjacent to an activating group) is 1. The Morgan fingerprint density at radius 2 is 1.75 bits per heavy atom. The zero-order valence-corrected chi connectivity index (χ0v) is 21.3. The lowest BCUT2D eigenvalue weighted by Gasteiger charge is -2.36. The minimum Gasteiger partial charge on any atom is -0.463 e. The Bertz CT molecular complexity index is 1140. The van der Waals surface area contributed by atoms with Crippen LogP contribution in [-0.4, -0.2) is 79.0 Å². The molecule has 0 saturated carbocycles. The van der Waals surface area contributed by atoms with Gasteiger partial charge < -0.3 is 15.0 Å². The molecule has 0 bridgehead atoms. The van der Waals surface area contributed by atoms with E-state index in [1.165, 1.54) is 4.90 Å². The first-order valence-electron chi connectivity index (χ1n) is 12.2. The number of ether oxygens (including phenoxy) is 1. The van der Waals surface area contributed by atoms with Crippen molar-refractivity contribution in [1.29, 1.82) is 0 Å². The summed E-state index contributed by atoms with van der Waals surface area (Å²) in [6, 6.07) is 15.5. The van der Waals surface area contributed by atoms with Crippen molar-refractivity contribution in [3.8, 4) is 0 Å². The van der Waals surface area contributed by atoms with Gasteiger partial charge in [-0.15, -0.1) is 0 Å². The minimum atomic E-state index is -0.598. The van der Waals surface area contributed by atoms with Gasteiger partial charge in [0.25, 0.3) is 5.91 Å². The van der Waals surface area contributed by atoms with Gasteiger partial charge in [0.15, 0.2) is 0 Å². The third-order valence-corrected chi connectivity index (χ3v) is 6.80. The van der Waals surface area contributed by atoms with Crippen molar-refractivity contribution in [3.05, 3.63) is 82.0 Å². The normalized spacial score (nSPS) is 19.1. The molecule has 9 heteroatoms. The van der Waals surface area contributed by atoms with Gasteiger partial charge in [-0.1, -0.05) is 41.9 Å². The van der Waals surface area contributed by atoms with Crippen molar-refractivity contribution < 1.29 is 19.1 Å². The number of hydrogen-bond acceptors (Lipinski definition) is 5. The van der Waals surface area contributed by atoms with E-state index < -0.39 is 12.0 Å². The number of esters is 1. The maximum absolute atomic E-state index is 13.1. The van der Waals surface area contributed by atoms with E-state index >= 15 is 0 Å². The van der Waals surface area contributed by atoms with Crippen LogP contribution in [0.1, 0.15) is 35.3 Å². The monoisotopic (exact) mass is 510 g/mol. The minimum absolute atomic E-state index is 0.0294. The summed E-state index contributed by atoms with van der Waals surface area (Å²) >= 11 is 5.96. The van der Waals surface area contributed by atoms with E-state index in [4.69, 9.17) is 16.3 Å². The standard InChI is InChI=1S/C27H31ClN4O4/c1-3-36-26(34)23-22(30(2)27(35)29-24(23)19-8-5-4-6-9-19)18-31-14-7-15-32(17-16-31)25(33)20-10-12-21(28)13-11-20/h4-6,8-13,24H,3,7,14-18H2,1-2H3,(H,29,35)/t24-/m0/s1. The van der Waals surface area contributed by atoms with Crippen LogP contribution in [0.15, 0.2) is 65.9 Å². The maximum atomic E-state index is 13.1. The fraction of sp³-hybridized carbons (Fsp3) is 0.370. The second-order valence-electron chi connectivity index (χ2n) is 8.86. The van der Waals surface area contributed by atoms with E-state index in [-0.39, 0.29) is 18.5 Å². The van der Waals surface area contributed by atoms with Gasteiger partial charge in [0, 0.05) is 56.1 Å². The molecule has 0 spiro atoms. The fourth-order valence-corrected chi connectivity index (χ4v) is 4.74. The molecule has 0 aromatic heterocycles. The lowest BCUT2D eigenvalue weighted by atomic mass is 9.94. The highest BCUT2D eigenvalue weighted by Crippen LogP contribution is 2.31. The largest absolute Gasteiger partial charge is 0.463 e. The van der Waals surface area contributed by atoms with Gasteiger partial charge in [-0.05, 0) is 43.2 Å². The number of rotatable bonds is 6. The molecule has 1 atom stereocenters. The van der Waals surface area contributed by atoms with Gasteiger partial charge >= 0.3 is 12.0 Å². The van der Waals surface area contributed by atoms with Crippen LogP contribution >= 0.6 is 11.6 Å². The molecule has 2 aromatic rings. The molecule has 0 aliphatic carbocycles. The average molecular weight is 511 g/mol. The summed E-state index contributed by atoms with van der Waals surface area (Å²) in [6.45, 7) is 4.92. The second kappa shape index (κ2) is 11.6. The molecular formula is C27H31ClN4O4. The Kier molecular flexibility index (Phi) is 8.28. The van der Waals surface area contributed by atoms with E-state index in [1.54, 1.807) is 38.2 Å². The summed E-state index contributed by atoms with van der Waals surface area (Å²) in [4.78, 5) is 44.5. The highest BCUT2D eigenvalue weighted by Gasteiger charge is 2.37. The molecule has 8 nitrogen and oxygen atoms in total. The molecule has 2 aromatic carbocycles. The van der Waals surface area contributed by atoms with Gasteiger partial charge in [-0.25, -0.2) is 9.59 Å². The molecule has 3 amide bonds.